The van der Waals surface area contributed by atoms with Gasteiger partial charge >= 0.3 is 0 Å². The van der Waals surface area contributed by atoms with Crippen LogP contribution in [0.2, 0.25) is 0 Å². The van der Waals surface area contributed by atoms with Crippen LogP contribution < -0.4 is 5.43 Å². The molecule has 2 atom stereocenters. The molecule has 150 valence electrons. The monoisotopic (exact) mass is 462 g/mol. The van der Waals surface area contributed by atoms with Gasteiger partial charge in [0.25, 0.3) is 0 Å². The lowest BCUT2D eigenvalue weighted by Gasteiger charge is -2.32. The van der Waals surface area contributed by atoms with Crippen LogP contribution in [0.5, 0.6) is 0 Å². The van der Waals surface area contributed by atoms with Crippen LogP contribution >= 0.6 is 27.7 Å². The second-order valence-corrected chi connectivity index (χ2v) is 9.47. The molecule has 1 heterocycles. The highest BCUT2D eigenvalue weighted by Gasteiger charge is 2.34. The van der Waals surface area contributed by atoms with Gasteiger partial charge in [-0.05, 0) is 60.8 Å². The third-order valence-electron chi connectivity index (χ3n) is 5.33. The fraction of sp³-hybridized carbons (Fsp3) is 0.455. The first-order valence-corrected chi connectivity index (χ1v) is 11.7. The van der Waals surface area contributed by atoms with E-state index in [4.69, 9.17) is 0 Å². The fourth-order valence-electron chi connectivity index (χ4n) is 3.85. The number of halogens is 1. The van der Waals surface area contributed by atoms with Gasteiger partial charge in [0.05, 0.1) is 17.8 Å². The lowest BCUT2D eigenvalue weighted by Crippen LogP contribution is -2.30. The van der Waals surface area contributed by atoms with E-state index >= 15 is 0 Å². The van der Waals surface area contributed by atoms with Gasteiger partial charge < -0.3 is 10.5 Å². The molecule has 0 amide bonds. The number of Topliss-reactive ketones (excluding diaryl/α,β-unsaturated/α-hetero) is 1. The van der Waals surface area contributed by atoms with Gasteiger partial charge in [-0.15, -0.1) is 0 Å². The number of nitrogens with zero attached hydrogens (tertiary/aromatic N) is 1. The molecule has 4 nitrogen and oxygen atoms in total. The van der Waals surface area contributed by atoms with Crippen LogP contribution in [0.4, 0.5) is 0 Å². The molecule has 2 unspecified atom stereocenters. The minimum atomic E-state index is 0.0257. The summed E-state index contributed by atoms with van der Waals surface area (Å²) >= 11 is 5.39. The third-order valence-corrected chi connectivity index (χ3v) is 7.10. The van der Waals surface area contributed by atoms with Crippen LogP contribution in [0.1, 0.15) is 38.2 Å². The normalized spacial score (nSPS) is 24.1. The first-order valence-electron chi connectivity index (χ1n) is 9.77. The Bertz CT molecular complexity index is 780. The van der Waals surface area contributed by atoms with E-state index in [0.717, 1.165) is 15.8 Å². The lowest BCUT2D eigenvalue weighted by atomic mass is 9.77. The van der Waals surface area contributed by atoms with Gasteiger partial charge in [0.15, 0.2) is 5.78 Å². The van der Waals surface area contributed by atoms with Crippen molar-refractivity contribution in [3.63, 3.8) is 0 Å². The van der Waals surface area contributed by atoms with Gasteiger partial charge in [-0.3, -0.25) is 4.79 Å². The molecule has 0 saturated carbocycles. The summed E-state index contributed by atoms with van der Waals surface area (Å²) in [6, 6.07) is 8.05. The van der Waals surface area contributed by atoms with Crippen LogP contribution in [0.25, 0.3) is 6.08 Å². The van der Waals surface area contributed by atoms with Gasteiger partial charge in [-0.25, -0.2) is 0 Å². The van der Waals surface area contributed by atoms with Crippen molar-refractivity contribution in [1.82, 2.24) is 5.43 Å². The van der Waals surface area contributed by atoms with Gasteiger partial charge in [-0.1, -0.05) is 40.2 Å². The number of carbonyl (C=O) groups is 1. The summed E-state index contributed by atoms with van der Waals surface area (Å²) in [5, 5.41) is 14.8. The van der Waals surface area contributed by atoms with Crippen LogP contribution in [-0.2, 0) is 4.79 Å². The molecule has 3 rings (SSSR count). The molecule has 0 spiro atoms. The van der Waals surface area contributed by atoms with Crippen LogP contribution in [-0.4, -0.2) is 34.7 Å². The van der Waals surface area contributed by atoms with Crippen molar-refractivity contribution in [2.75, 3.05) is 18.1 Å². The number of benzene rings is 1. The Labute approximate surface area is 179 Å². The second kappa shape index (κ2) is 10.3. The molecule has 0 radical (unpaired) electrons. The number of rotatable bonds is 6. The molecule has 1 aliphatic heterocycles. The Morgan fingerprint density at radius 2 is 2.11 bits per heavy atom. The first kappa shape index (κ1) is 21.2. The van der Waals surface area contributed by atoms with Crippen LogP contribution in [0, 0.1) is 11.8 Å². The summed E-state index contributed by atoms with van der Waals surface area (Å²) in [5.41, 5.74) is 5.05. The smallest absolute Gasteiger partial charge is 0.168 e. The van der Waals surface area contributed by atoms with Gasteiger partial charge in [0.1, 0.15) is 5.76 Å². The Hall–Kier alpha value is -1.53. The molecule has 0 aromatic heterocycles. The minimum absolute atomic E-state index is 0.0257. The van der Waals surface area contributed by atoms with Crippen LogP contribution in [0.3, 0.4) is 0 Å². The predicted molar refractivity (Wildman–Crippen MR) is 122 cm³/mol. The molecular formula is C22H27BrN2O2S. The Morgan fingerprint density at radius 3 is 2.79 bits per heavy atom. The summed E-state index contributed by atoms with van der Waals surface area (Å²) in [6.07, 6.45) is 7.51. The topological polar surface area (TPSA) is 61.7 Å². The highest BCUT2D eigenvalue weighted by molar-refractivity contribution is 9.10. The predicted octanol–water partition coefficient (Wildman–Crippen LogP) is 5.36. The standard InChI is InChI=1S/C22H27BrN2O2S/c1-15(25-24-10-2-4-16-6-8-19(23)9-7-16)22-20(26)12-18(13-21(22)27)17-5-3-11-28-14-17/h2,4,6-9,17-18,24,26H,3,5,10-14H2,1H3/b4-2+,25-15+. The average molecular weight is 463 g/mol. The van der Waals surface area contributed by atoms with E-state index in [2.05, 4.69) is 26.5 Å². The second-order valence-electron chi connectivity index (χ2n) is 7.40. The van der Waals surface area contributed by atoms with Crippen molar-refractivity contribution in [3.8, 4) is 0 Å². The van der Waals surface area contributed by atoms with Crippen molar-refractivity contribution in [3.05, 3.63) is 51.7 Å². The number of hydrogen-bond acceptors (Lipinski definition) is 5. The van der Waals surface area contributed by atoms with Crippen molar-refractivity contribution in [2.24, 2.45) is 16.9 Å². The maximum Gasteiger partial charge on any atom is 0.168 e. The van der Waals surface area contributed by atoms with Crippen molar-refractivity contribution in [1.29, 1.82) is 0 Å². The molecule has 1 aromatic carbocycles. The highest BCUT2D eigenvalue weighted by atomic mass is 79.9. The highest BCUT2D eigenvalue weighted by Crippen LogP contribution is 2.37. The van der Waals surface area contributed by atoms with E-state index < -0.39 is 0 Å². The van der Waals surface area contributed by atoms with E-state index in [1.165, 1.54) is 18.6 Å². The molecular weight excluding hydrogens is 436 g/mol. The summed E-state index contributed by atoms with van der Waals surface area (Å²) < 4.78 is 1.05. The number of hydrazone groups is 1. The van der Waals surface area contributed by atoms with E-state index in [1.807, 2.05) is 48.2 Å². The number of carbonyl (C=O) groups excluding carboxylic acids is 1. The van der Waals surface area contributed by atoms with E-state index in [-0.39, 0.29) is 17.5 Å². The number of thioether (sulfide) groups is 1. The Kier molecular flexibility index (Phi) is 7.80. The van der Waals surface area contributed by atoms with E-state index in [1.54, 1.807) is 6.92 Å². The molecule has 6 heteroatoms. The van der Waals surface area contributed by atoms with E-state index in [0.29, 0.717) is 36.6 Å². The van der Waals surface area contributed by atoms with Crippen molar-refractivity contribution in [2.45, 2.75) is 32.6 Å². The number of allylic oxidation sites excluding steroid dienone is 2. The summed E-state index contributed by atoms with van der Waals surface area (Å²) in [4.78, 5) is 12.6. The first-order chi connectivity index (χ1) is 13.5. The molecule has 0 bridgehead atoms. The lowest BCUT2D eigenvalue weighted by molar-refractivity contribution is -0.117. The fourth-order valence-corrected chi connectivity index (χ4v) is 5.39. The third kappa shape index (κ3) is 5.74. The van der Waals surface area contributed by atoms with Crippen molar-refractivity contribution >= 4 is 45.3 Å². The SMILES string of the molecule is C/C(=N\NC/C=C/c1ccc(Br)cc1)C1=C(O)CC(C2CCCSC2)CC1=O. The van der Waals surface area contributed by atoms with Gasteiger partial charge in [-0.2, -0.15) is 16.9 Å². The number of aliphatic hydroxyl groups excluding tert-OH is 1. The number of nitrogens with one attached hydrogen (secondary N) is 1. The molecule has 1 fully saturated rings. The summed E-state index contributed by atoms with van der Waals surface area (Å²) in [7, 11) is 0. The Balaban J connectivity index is 1.55. The zero-order valence-electron chi connectivity index (χ0n) is 16.2. The zero-order chi connectivity index (χ0) is 19.9. The number of ketones is 1. The van der Waals surface area contributed by atoms with Crippen molar-refractivity contribution < 1.29 is 9.90 Å². The van der Waals surface area contributed by atoms with Gasteiger partial charge in [0.2, 0.25) is 0 Å². The summed E-state index contributed by atoms with van der Waals surface area (Å²) in [6.45, 7) is 2.34. The van der Waals surface area contributed by atoms with Gasteiger partial charge in [0, 0.05) is 17.3 Å². The largest absolute Gasteiger partial charge is 0.511 e. The quantitative estimate of drug-likeness (QED) is 0.339. The number of hydrogen-bond donors (Lipinski definition) is 2. The maximum atomic E-state index is 12.6. The number of aliphatic hydroxyl groups is 1. The van der Waals surface area contributed by atoms with E-state index in [9.17, 15) is 9.90 Å². The molecule has 1 aliphatic carbocycles. The Morgan fingerprint density at radius 1 is 1.32 bits per heavy atom. The van der Waals surface area contributed by atoms with Crippen LogP contribution in [0.15, 0.2) is 51.2 Å². The molecule has 1 saturated heterocycles. The average Bonchev–Trinajstić information content (AvgIpc) is 2.69. The molecule has 28 heavy (non-hydrogen) atoms. The molecule has 2 aliphatic rings. The summed E-state index contributed by atoms with van der Waals surface area (Å²) in [5.74, 6) is 3.39. The maximum absolute atomic E-state index is 12.6. The minimum Gasteiger partial charge on any atom is -0.511 e. The zero-order valence-corrected chi connectivity index (χ0v) is 18.6. The molecule has 1 aromatic rings. The molecule has 2 N–H and O–H groups in total.